The van der Waals surface area contributed by atoms with Crippen LogP contribution in [-0.4, -0.2) is 18.3 Å². The van der Waals surface area contributed by atoms with Gasteiger partial charge >= 0.3 is 0 Å². The summed E-state index contributed by atoms with van der Waals surface area (Å²) in [6.45, 7) is -0.272. The highest BCUT2D eigenvalue weighted by Gasteiger charge is 1.94. The zero-order chi connectivity index (χ0) is 8.81. The van der Waals surface area contributed by atoms with Crippen molar-refractivity contribution in [3.05, 3.63) is 29.8 Å². The third-order valence-electron chi connectivity index (χ3n) is 1.41. The minimum absolute atomic E-state index is 0.0279. The molecular weight excluding hydrogens is 159 g/mol. The minimum atomic E-state index is -0.490. The summed E-state index contributed by atoms with van der Waals surface area (Å²) in [5.41, 5.74) is 0.588. The zero-order valence-electron chi connectivity index (χ0n) is 6.66. The van der Waals surface area contributed by atoms with Crippen LogP contribution in [-0.2, 0) is 6.67 Å². The molecule has 0 amide bonds. The first-order chi connectivity index (χ1) is 5.86. The molecule has 0 radical (unpaired) electrons. The SMILES string of the molecule is OCCOc1cccc(CF)c1. The van der Waals surface area contributed by atoms with Crippen molar-refractivity contribution >= 4 is 0 Å². The Hall–Kier alpha value is -1.09. The zero-order valence-corrected chi connectivity index (χ0v) is 6.66. The van der Waals surface area contributed by atoms with E-state index in [4.69, 9.17) is 9.84 Å². The Morgan fingerprint density at radius 1 is 1.42 bits per heavy atom. The summed E-state index contributed by atoms with van der Waals surface area (Å²) in [4.78, 5) is 0. The monoisotopic (exact) mass is 170 g/mol. The van der Waals surface area contributed by atoms with Gasteiger partial charge in [0.25, 0.3) is 0 Å². The van der Waals surface area contributed by atoms with E-state index in [1.54, 1.807) is 24.3 Å². The van der Waals surface area contributed by atoms with Crippen molar-refractivity contribution in [2.24, 2.45) is 0 Å². The Labute approximate surface area is 70.6 Å². The van der Waals surface area contributed by atoms with Crippen LogP contribution in [0.15, 0.2) is 24.3 Å². The molecule has 0 saturated carbocycles. The van der Waals surface area contributed by atoms with E-state index in [1.165, 1.54) is 0 Å². The van der Waals surface area contributed by atoms with Crippen LogP contribution < -0.4 is 4.74 Å². The van der Waals surface area contributed by atoms with Crippen molar-refractivity contribution in [2.75, 3.05) is 13.2 Å². The standard InChI is InChI=1S/C9H11FO2/c10-7-8-2-1-3-9(6-8)12-5-4-11/h1-3,6,11H,4-5,7H2. The van der Waals surface area contributed by atoms with Gasteiger partial charge in [0.2, 0.25) is 0 Å². The van der Waals surface area contributed by atoms with E-state index in [2.05, 4.69) is 0 Å². The van der Waals surface area contributed by atoms with Crippen LogP contribution in [0.3, 0.4) is 0 Å². The number of aliphatic hydroxyl groups is 1. The number of hydrogen-bond donors (Lipinski definition) is 1. The molecule has 0 bridgehead atoms. The third kappa shape index (κ3) is 2.51. The molecular formula is C9H11FO2. The summed E-state index contributed by atoms with van der Waals surface area (Å²) in [6.07, 6.45) is 0. The van der Waals surface area contributed by atoms with Gasteiger partial charge in [0, 0.05) is 0 Å². The molecule has 1 aromatic carbocycles. The Kier molecular flexibility index (Phi) is 3.54. The first-order valence-electron chi connectivity index (χ1n) is 3.75. The molecule has 1 aromatic rings. The van der Waals surface area contributed by atoms with Gasteiger partial charge in [0.1, 0.15) is 19.0 Å². The lowest BCUT2D eigenvalue weighted by Crippen LogP contribution is -2.01. The van der Waals surface area contributed by atoms with Crippen LogP contribution >= 0.6 is 0 Å². The first-order valence-corrected chi connectivity index (χ1v) is 3.75. The Bertz CT molecular complexity index is 238. The summed E-state index contributed by atoms with van der Waals surface area (Å²) >= 11 is 0. The highest BCUT2D eigenvalue weighted by molar-refractivity contribution is 5.27. The van der Waals surface area contributed by atoms with Crippen LogP contribution in [0.5, 0.6) is 5.75 Å². The summed E-state index contributed by atoms with van der Waals surface area (Å²) in [7, 11) is 0. The van der Waals surface area contributed by atoms with Crippen molar-refractivity contribution in [3.63, 3.8) is 0 Å². The van der Waals surface area contributed by atoms with Crippen molar-refractivity contribution in [3.8, 4) is 5.75 Å². The van der Waals surface area contributed by atoms with Gasteiger partial charge < -0.3 is 9.84 Å². The van der Waals surface area contributed by atoms with Crippen LogP contribution in [0, 0.1) is 0 Å². The molecule has 1 rings (SSSR count). The summed E-state index contributed by atoms with van der Waals surface area (Å²) in [6, 6.07) is 6.76. The predicted octanol–water partition coefficient (Wildman–Crippen LogP) is 1.53. The van der Waals surface area contributed by atoms with Crippen molar-refractivity contribution in [1.82, 2.24) is 0 Å². The number of aliphatic hydroxyl groups excluding tert-OH is 1. The van der Waals surface area contributed by atoms with Crippen molar-refractivity contribution < 1.29 is 14.2 Å². The van der Waals surface area contributed by atoms with E-state index in [0.717, 1.165) is 0 Å². The average Bonchev–Trinajstić information content (AvgIpc) is 2.15. The molecule has 12 heavy (non-hydrogen) atoms. The molecule has 0 aliphatic carbocycles. The molecule has 0 aromatic heterocycles. The normalized spacial score (nSPS) is 9.83. The van der Waals surface area contributed by atoms with Gasteiger partial charge in [-0.05, 0) is 17.7 Å². The summed E-state index contributed by atoms with van der Waals surface area (Å²) in [5, 5.41) is 8.45. The Morgan fingerprint density at radius 3 is 2.92 bits per heavy atom. The number of hydrogen-bond acceptors (Lipinski definition) is 2. The Balaban J connectivity index is 2.60. The van der Waals surface area contributed by atoms with Crippen LogP contribution in [0.2, 0.25) is 0 Å². The molecule has 0 unspecified atom stereocenters. The highest BCUT2D eigenvalue weighted by Crippen LogP contribution is 2.13. The maximum atomic E-state index is 12.1. The van der Waals surface area contributed by atoms with Gasteiger partial charge in [0.05, 0.1) is 6.61 Å². The van der Waals surface area contributed by atoms with Gasteiger partial charge in [-0.25, -0.2) is 4.39 Å². The second-order valence-corrected chi connectivity index (χ2v) is 2.35. The van der Waals surface area contributed by atoms with E-state index in [-0.39, 0.29) is 13.2 Å². The lowest BCUT2D eigenvalue weighted by atomic mass is 10.2. The first kappa shape index (κ1) is 9.00. The molecule has 2 nitrogen and oxygen atoms in total. The molecule has 1 N–H and O–H groups in total. The molecule has 0 aliphatic rings. The number of halogens is 1. The number of alkyl halides is 1. The van der Waals surface area contributed by atoms with Gasteiger partial charge in [-0.1, -0.05) is 12.1 Å². The average molecular weight is 170 g/mol. The highest BCUT2D eigenvalue weighted by atomic mass is 19.1. The quantitative estimate of drug-likeness (QED) is 0.742. The van der Waals surface area contributed by atoms with Gasteiger partial charge in [-0.15, -0.1) is 0 Å². The number of rotatable bonds is 4. The molecule has 66 valence electrons. The lowest BCUT2D eigenvalue weighted by molar-refractivity contribution is 0.201. The molecule has 0 saturated heterocycles. The maximum absolute atomic E-state index is 12.1. The van der Waals surface area contributed by atoms with Crippen molar-refractivity contribution in [2.45, 2.75) is 6.67 Å². The number of benzene rings is 1. The topological polar surface area (TPSA) is 29.5 Å². The summed E-state index contributed by atoms with van der Waals surface area (Å²) in [5.74, 6) is 0.596. The second-order valence-electron chi connectivity index (χ2n) is 2.35. The molecule has 0 heterocycles. The van der Waals surface area contributed by atoms with E-state index in [0.29, 0.717) is 11.3 Å². The smallest absolute Gasteiger partial charge is 0.119 e. The van der Waals surface area contributed by atoms with Gasteiger partial charge in [-0.2, -0.15) is 0 Å². The predicted molar refractivity (Wildman–Crippen MR) is 43.8 cm³/mol. The van der Waals surface area contributed by atoms with Gasteiger partial charge in [-0.3, -0.25) is 0 Å². The van der Waals surface area contributed by atoms with Crippen LogP contribution in [0.25, 0.3) is 0 Å². The Morgan fingerprint density at radius 2 is 2.25 bits per heavy atom. The maximum Gasteiger partial charge on any atom is 0.119 e. The van der Waals surface area contributed by atoms with E-state index < -0.39 is 6.67 Å². The van der Waals surface area contributed by atoms with E-state index >= 15 is 0 Å². The molecule has 3 heteroatoms. The summed E-state index contributed by atoms with van der Waals surface area (Å²) < 4.78 is 17.2. The fourth-order valence-electron chi connectivity index (χ4n) is 0.882. The number of ether oxygens (including phenoxy) is 1. The fraction of sp³-hybridized carbons (Fsp3) is 0.333. The van der Waals surface area contributed by atoms with E-state index in [9.17, 15) is 4.39 Å². The lowest BCUT2D eigenvalue weighted by Gasteiger charge is -2.04. The van der Waals surface area contributed by atoms with Crippen molar-refractivity contribution in [1.29, 1.82) is 0 Å². The van der Waals surface area contributed by atoms with Gasteiger partial charge in [0.15, 0.2) is 0 Å². The third-order valence-corrected chi connectivity index (χ3v) is 1.41. The van der Waals surface area contributed by atoms with E-state index in [1.807, 2.05) is 0 Å². The molecule has 0 atom stereocenters. The second kappa shape index (κ2) is 4.72. The molecule has 0 aliphatic heterocycles. The van der Waals surface area contributed by atoms with Crippen LogP contribution in [0.1, 0.15) is 5.56 Å². The van der Waals surface area contributed by atoms with Crippen LogP contribution in [0.4, 0.5) is 4.39 Å². The minimum Gasteiger partial charge on any atom is -0.491 e. The molecule has 0 fully saturated rings. The fourth-order valence-corrected chi connectivity index (χ4v) is 0.882. The largest absolute Gasteiger partial charge is 0.491 e. The molecule has 0 spiro atoms.